The first-order chi connectivity index (χ1) is 40.6. The Morgan fingerprint density at radius 2 is 1.02 bits per heavy atom. The molecule has 0 radical (unpaired) electrons. The Labute approximate surface area is 504 Å². The molecule has 4 aromatic rings. The predicted molar refractivity (Wildman–Crippen MR) is 304 cm³/mol. The van der Waals surface area contributed by atoms with Gasteiger partial charge >= 0.3 is 42.9 Å². The maximum Gasteiger partial charge on any atom is 0.573 e. The van der Waals surface area contributed by atoms with E-state index in [1.807, 2.05) is 33.8 Å². The number of nitrogens with zero attached hydrogens (tertiary/aromatic N) is 3. The third-order valence-electron chi connectivity index (χ3n) is 12.3. The molecular weight excluding hydrogens is 1180 g/mol. The third kappa shape index (κ3) is 25.8. The molecule has 27 heteroatoms. The van der Waals surface area contributed by atoms with E-state index in [0.717, 1.165) is 16.8 Å². The number of carboxylic acids is 2. The number of benzene rings is 4. The number of amides is 3. The van der Waals surface area contributed by atoms with Gasteiger partial charge in [-0.15, -0.1) is 26.3 Å². The second kappa shape index (κ2) is 31.3. The molecule has 0 spiro atoms. The summed E-state index contributed by atoms with van der Waals surface area (Å²) in [5.41, 5.74) is 3.71. The summed E-state index contributed by atoms with van der Waals surface area (Å²) in [6.07, 6.45) is -13.5. The number of rotatable bonds is 22. The molecule has 0 fully saturated rings. The zero-order valence-electron chi connectivity index (χ0n) is 50.5. The summed E-state index contributed by atoms with van der Waals surface area (Å²) in [5, 5.41) is 18.6. The first kappa shape index (κ1) is 72.5. The van der Waals surface area contributed by atoms with Gasteiger partial charge < -0.3 is 53.8 Å². The Morgan fingerprint density at radius 3 is 1.41 bits per heavy atom. The van der Waals surface area contributed by atoms with E-state index in [9.17, 15) is 63.5 Å². The first-order valence-electron chi connectivity index (χ1n) is 27.9. The van der Waals surface area contributed by atoms with Crippen LogP contribution in [0.5, 0.6) is 23.0 Å². The molecule has 0 bridgehead atoms. The summed E-state index contributed by atoms with van der Waals surface area (Å²) < 4.78 is 140. The fourth-order valence-corrected chi connectivity index (χ4v) is 8.74. The van der Waals surface area contributed by atoms with Gasteiger partial charge in [0.15, 0.2) is 0 Å². The van der Waals surface area contributed by atoms with E-state index < -0.39 is 54.1 Å². The van der Waals surface area contributed by atoms with Crippen LogP contribution in [-0.2, 0) is 72.3 Å². The fourth-order valence-electron chi connectivity index (χ4n) is 8.74. The van der Waals surface area contributed by atoms with Gasteiger partial charge in [0, 0.05) is 37.6 Å². The molecule has 4 aromatic carbocycles. The van der Waals surface area contributed by atoms with Crippen LogP contribution >= 0.6 is 0 Å². The van der Waals surface area contributed by atoms with Gasteiger partial charge in [0.05, 0.1) is 19.4 Å². The number of halogens is 9. The highest BCUT2D eigenvalue weighted by molar-refractivity contribution is 5.98. The quantitative estimate of drug-likeness (QED) is 0.0378. The monoisotopic (exact) mass is 1260 g/mol. The van der Waals surface area contributed by atoms with Gasteiger partial charge in [-0.2, -0.15) is 13.2 Å². The van der Waals surface area contributed by atoms with Crippen LogP contribution in [0.15, 0.2) is 72.8 Å². The van der Waals surface area contributed by atoms with Crippen molar-refractivity contribution in [3.05, 3.63) is 106 Å². The largest absolute Gasteiger partial charge is 0.573 e. The first-order valence-corrected chi connectivity index (χ1v) is 27.9. The Morgan fingerprint density at radius 1 is 0.591 bits per heavy atom. The summed E-state index contributed by atoms with van der Waals surface area (Å²) in [6.45, 7) is 18.9. The SMILES string of the molecule is CC(C)Cc1ccc(COc2ccc3c(c2)CCN3C(=O)CN(CCC(=O)OC(C)(C)C)C(=O)OC(C)(C)C)cc1OC(F)(F)F.CC(C)Cc1ccc(COc2ccc3c(c2)CCN3C(=O)CNCCC(=O)O)cc1OC(F)(F)F.O=C(O)C(F)(F)F. The summed E-state index contributed by atoms with van der Waals surface area (Å²) in [7, 11) is 0. The average Bonchev–Trinajstić information content (AvgIpc) is 3.27. The number of carboxylic acid groups (broad SMARTS) is 2. The number of carbonyl (C=O) groups excluding carboxylic acids is 4. The minimum atomic E-state index is -5.08. The molecule has 0 saturated heterocycles. The van der Waals surface area contributed by atoms with E-state index in [2.05, 4.69) is 14.8 Å². The number of esters is 1. The number of ether oxygens (including phenoxy) is 6. The zero-order chi connectivity index (χ0) is 66.1. The number of carbonyl (C=O) groups is 6. The van der Waals surface area contributed by atoms with Crippen LogP contribution in [0, 0.1) is 11.8 Å². The van der Waals surface area contributed by atoms with Crippen molar-refractivity contribution in [2.24, 2.45) is 11.8 Å². The predicted octanol–water partition coefficient (Wildman–Crippen LogP) is 12.2. The van der Waals surface area contributed by atoms with E-state index in [1.54, 1.807) is 106 Å². The second-order valence-corrected chi connectivity index (χ2v) is 23.3. The lowest BCUT2D eigenvalue weighted by molar-refractivity contribution is -0.276. The molecule has 0 aromatic heterocycles. The minimum absolute atomic E-state index is 0.0140. The molecule has 0 aliphatic carbocycles. The van der Waals surface area contributed by atoms with Crippen molar-refractivity contribution in [2.75, 3.05) is 49.1 Å². The number of hydrogen-bond acceptors (Lipinski definition) is 13. The smallest absolute Gasteiger partial charge is 0.489 e. The van der Waals surface area contributed by atoms with Crippen molar-refractivity contribution in [1.82, 2.24) is 10.2 Å². The van der Waals surface area contributed by atoms with Crippen molar-refractivity contribution in [3.8, 4) is 23.0 Å². The highest BCUT2D eigenvalue weighted by Crippen LogP contribution is 2.36. The summed E-state index contributed by atoms with van der Waals surface area (Å²) in [4.78, 5) is 75.0. The lowest BCUT2D eigenvalue weighted by Gasteiger charge is -2.29. The number of aliphatic carboxylic acids is 2. The van der Waals surface area contributed by atoms with E-state index in [0.29, 0.717) is 78.2 Å². The number of hydrogen-bond donors (Lipinski definition) is 3. The highest BCUT2D eigenvalue weighted by atomic mass is 19.4. The zero-order valence-corrected chi connectivity index (χ0v) is 50.5. The van der Waals surface area contributed by atoms with Gasteiger partial charge in [-0.25, -0.2) is 9.59 Å². The molecule has 2 aliphatic heterocycles. The second-order valence-electron chi connectivity index (χ2n) is 23.3. The van der Waals surface area contributed by atoms with Crippen LogP contribution in [0.1, 0.15) is 115 Å². The van der Waals surface area contributed by atoms with Gasteiger partial charge in [0.2, 0.25) is 11.8 Å². The van der Waals surface area contributed by atoms with Crippen LogP contribution in [0.25, 0.3) is 0 Å². The van der Waals surface area contributed by atoms with Crippen LogP contribution in [0.2, 0.25) is 0 Å². The van der Waals surface area contributed by atoms with E-state index in [-0.39, 0.29) is 87.4 Å². The van der Waals surface area contributed by atoms with Gasteiger partial charge in [0.25, 0.3) is 0 Å². The number of anilines is 2. The third-order valence-corrected chi connectivity index (χ3v) is 12.3. The molecule has 3 amide bonds. The van der Waals surface area contributed by atoms with Crippen LogP contribution < -0.4 is 34.1 Å². The van der Waals surface area contributed by atoms with Gasteiger partial charge in [-0.05, 0) is 161 Å². The number of fused-ring (bicyclic) bond motifs is 2. The topological polar surface area (TPSA) is 220 Å². The highest BCUT2D eigenvalue weighted by Gasteiger charge is 2.39. The van der Waals surface area contributed by atoms with Crippen LogP contribution in [0.4, 0.5) is 55.7 Å². The fraction of sp³-hybridized carbons (Fsp3) is 0.508. The molecular formula is C61H75F9N4O14. The average molecular weight is 1260 g/mol. The summed E-state index contributed by atoms with van der Waals surface area (Å²) in [6, 6.07) is 19.9. The molecule has 0 saturated carbocycles. The molecule has 6 rings (SSSR count). The van der Waals surface area contributed by atoms with Crippen molar-refractivity contribution in [2.45, 2.75) is 151 Å². The molecule has 2 heterocycles. The minimum Gasteiger partial charge on any atom is -0.489 e. The molecule has 486 valence electrons. The molecule has 0 unspecified atom stereocenters. The van der Waals surface area contributed by atoms with E-state index in [1.165, 1.54) is 17.0 Å². The van der Waals surface area contributed by atoms with Gasteiger partial charge in [0.1, 0.15) is 54.0 Å². The lowest BCUT2D eigenvalue weighted by Crippen LogP contribution is -2.45. The Balaban J connectivity index is 0.000000349. The number of nitrogens with one attached hydrogen (secondary N) is 1. The lowest BCUT2D eigenvalue weighted by atomic mass is 10.0. The molecule has 18 nitrogen and oxygen atoms in total. The Bertz CT molecular complexity index is 3050. The molecule has 88 heavy (non-hydrogen) atoms. The van der Waals surface area contributed by atoms with Crippen molar-refractivity contribution < 1.29 is 107 Å². The van der Waals surface area contributed by atoms with Crippen LogP contribution in [0.3, 0.4) is 0 Å². The normalized spacial score (nSPS) is 13.1. The maximum absolute atomic E-state index is 13.4. The van der Waals surface area contributed by atoms with Gasteiger partial charge in [-0.3, -0.25) is 24.1 Å². The van der Waals surface area contributed by atoms with E-state index >= 15 is 0 Å². The Kier molecular flexibility index (Phi) is 25.8. The van der Waals surface area contributed by atoms with Gasteiger partial charge in [-0.1, -0.05) is 52.0 Å². The molecule has 0 atom stereocenters. The van der Waals surface area contributed by atoms with E-state index in [4.69, 9.17) is 34.0 Å². The van der Waals surface area contributed by atoms with Crippen LogP contribution in [-0.4, -0.2) is 120 Å². The van der Waals surface area contributed by atoms with Crippen molar-refractivity contribution >= 4 is 47.2 Å². The van der Waals surface area contributed by atoms with Crippen molar-refractivity contribution in [1.29, 1.82) is 0 Å². The summed E-state index contributed by atoms with van der Waals surface area (Å²) >= 11 is 0. The maximum atomic E-state index is 13.4. The summed E-state index contributed by atoms with van der Waals surface area (Å²) in [5.74, 6) is -3.78. The standard InChI is InChI=1S/C34H45F3N2O7.C25H29F3N2O5.C2HF3O2/c1-22(2)17-25-10-9-23(18-28(25)44-34(35,36)37)21-43-26-11-12-27-24(19-26)13-16-39(27)29(40)20-38(31(42)46-33(6,7)8)15-14-30(41)45-32(3,4)5;1-16(2)11-19-4-3-17(12-22(19)35-25(26,27)28)15-34-20-5-6-21-18(13-20)8-10-30(21)23(31)14-29-9-7-24(32)33;3-2(4,5)1(6)7/h9-12,18-19,22H,13-17,20-21H2,1-8H3;3-6,12-13,16,29H,7-11,14-15H2,1-2H3,(H,32,33);(H,6,7). The molecule has 3 N–H and O–H groups in total. The number of alkyl halides is 9. The van der Waals surface area contributed by atoms with Crippen molar-refractivity contribution in [3.63, 3.8) is 0 Å². The molecule has 2 aliphatic rings. The Hall–Kier alpha value is -7.97.